The van der Waals surface area contributed by atoms with Crippen LogP contribution >= 0.6 is 0 Å². The van der Waals surface area contributed by atoms with Gasteiger partial charge in [0.1, 0.15) is 12.1 Å². The second kappa shape index (κ2) is 7.90. The highest BCUT2D eigenvalue weighted by Gasteiger charge is 2.58. The fourth-order valence-corrected chi connectivity index (χ4v) is 7.51. The van der Waals surface area contributed by atoms with Gasteiger partial charge in [0.2, 0.25) is 0 Å². The molecule has 6 rings (SSSR count). The minimum atomic E-state index is -4.55. The number of amides is 2. The monoisotopic (exact) mass is 541 g/mol. The first kappa shape index (κ1) is 24.6. The zero-order valence-electron chi connectivity index (χ0n) is 20.2. The average Bonchev–Trinajstić information content (AvgIpc) is 3.15. The third-order valence-electron chi connectivity index (χ3n) is 8.45. The van der Waals surface area contributed by atoms with Crippen molar-refractivity contribution in [3.63, 3.8) is 0 Å². The Hall–Kier alpha value is -2.70. The molecule has 2 saturated heterocycles. The van der Waals surface area contributed by atoms with E-state index in [4.69, 9.17) is 0 Å². The number of halogens is 4. The van der Waals surface area contributed by atoms with E-state index in [0.717, 1.165) is 31.5 Å². The molecule has 37 heavy (non-hydrogen) atoms. The van der Waals surface area contributed by atoms with Crippen LogP contribution in [0, 0.1) is 22.6 Å². The Balaban J connectivity index is 0.947. The van der Waals surface area contributed by atoms with Crippen molar-refractivity contribution < 1.29 is 30.8 Å². The van der Waals surface area contributed by atoms with Crippen LogP contribution in [0.1, 0.15) is 43.1 Å². The lowest BCUT2D eigenvalue weighted by molar-refractivity contribution is -0.145. The highest BCUT2D eigenvalue weighted by Crippen LogP contribution is 2.56. The Kier molecular flexibility index (Phi) is 5.26. The normalized spacial score (nSPS) is 22.9. The quantitative estimate of drug-likeness (QED) is 0.553. The van der Waals surface area contributed by atoms with Gasteiger partial charge in [-0.1, -0.05) is 0 Å². The zero-order valence-corrected chi connectivity index (χ0v) is 21.0. The summed E-state index contributed by atoms with van der Waals surface area (Å²) in [5, 5.41) is 3.56. The number of carbonyl (C=O) groups excluding carboxylic acids is 1. The van der Waals surface area contributed by atoms with Gasteiger partial charge >= 0.3 is 12.2 Å². The summed E-state index contributed by atoms with van der Waals surface area (Å²) in [5.74, 6) is -1.34. The number of hydrogen-bond donors (Lipinski definition) is 0. The molecule has 13 heteroatoms. The van der Waals surface area contributed by atoms with Crippen LogP contribution in [0.2, 0.25) is 0 Å². The highest BCUT2D eigenvalue weighted by molar-refractivity contribution is 7.90. The highest BCUT2D eigenvalue weighted by atomic mass is 32.2. The first-order valence-corrected chi connectivity index (χ1v) is 14.1. The number of nitrogens with zero attached hydrogens (tertiary/aromatic N) is 5. The Labute approximate surface area is 211 Å². The number of sulfone groups is 1. The third kappa shape index (κ3) is 4.38. The summed E-state index contributed by atoms with van der Waals surface area (Å²) >= 11 is 0. The number of carbonyl (C=O) groups is 1. The summed E-state index contributed by atoms with van der Waals surface area (Å²) < 4.78 is 76.9. The Morgan fingerprint density at radius 3 is 2.16 bits per heavy atom. The van der Waals surface area contributed by atoms with Crippen LogP contribution in [-0.2, 0) is 22.4 Å². The van der Waals surface area contributed by atoms with Crippen molar-refractivity contribution in [3.8, 4) is 0 Å². The van der Waals surface area contributed by atoms with Crippen LogP contribution in [0.5, 0.6) is 0 Å². The maximum Gasteiger partial charge on any atom is 0.453 e. The van der Waals surface area contributed by atoms with Gasteiger partial charge in [-0.05, 0) is 61.8 Å². The maximum absolute atomic E-state index is 13.9. The number of hydrogen-bond acceptors (Lipinski definition) is 5. The minimum absolute atomic E-state index is 0.00518. The van der Waals surface area contributed by atoms with Crippen molar-refractivity contribution >= 4 is 15.9 Å². The molecule has 0 unspecified atom stereocenters. The molecule has 0 radical (unpaired) electrons. The molecule has 2 saturated carbocycles. The number of alkyl halides is 3. The van der Waals surface area contributed by atoms with Gasteiger partial charge in [-0.25, -0.2) is 27.3 Å². The van der Waals surface area contributed by atoms with Crippen molar-refractivity contribution in [2.45, 2.75) is 49.2 Å². The molecule has 2 aromatic rings. The molecule has 1 aromatic heterocycles. The maximum atomic E-state index is 13.9. The molecule has 4 aliphatic rings. The van der Waals surface area contributed by atoms with Crippen LogP contribution in [0.4, 0.5) is 22.4 Å². The van der Waals surface area contributed by atoms with E-state index in [1.165, 1.54) is 10.7 Å². The standard InChI is InChI=1S/C24H27F4N5O3S/c1-37(35,36)19-4-15(3-17(25)5-19)2-16-6-22(7-16)10-31(11-22)21(34)32-12-23(13-32)8-18(9-23)33-14-29-20(30-33)24(26,27)28/h3-5,14,16,18H,2,6-13H2,1H3. The summed E-state index contributed by atoms with van der Waals surface area (Å²) in [7, 11) is -3.48. The van der Waals surface area contributed by atoms with Crippen LogP contribution < -0.4 is 0 Å². The summed E-state index contributed by atoms with van der Waals surface area (Å²) in [4.78, 5) is 19.9. The summed E-state index contributed by atoms with van der Waals surface area (Å²) in [6.45, 7) is 2.59. The lowest BCUT2D eigenvalue weighted by Gasteiger charge is -2.63. The first-order chi connectivity index (χ1) is 17.2. The minimum Gasteiger partial charge on any atom is -0.323 e. The molecular weight excluding hydrogens is 514 g/mol. The van der Waals surface area contributed by atoms with Crippen molar-refractivity contribution in [2.24, 2.45) is 16.7 Å². The molecule has 3 heterocycles. The fourth-order valence-electron chi connectivity index (χ4n) is 6.82. The number of benzene rings is 1. The van der Waals surface area contributed by atoms with Gasteiger partial charge in [-0.15, -0.1) is 5.10 Å². The third-order valence-corrected chi connectivity index (χ3v) is 9.54. The van der Waals surface area contributed by atoms with Crippen molar-refractivity contribution in [1.82, 2.24) is 24.6 Å². The molecule has 1 aromatic carbocycles. The van der Waals surface area contributed by atoms with Crippen LogP contribution in [-0.4, -0.2) is 71.4 Å². The molecule has 200 valence electrons. The second-order valence-electron chi connectivity index (χ2n) is 11.6. The van der Waals surface area contributed by atoms with Crippen molar-refractivity contribution in [3.05, 3.63) is 41.7 Å². The average molecular weight is 542 g/mol. The molecular formula is C24H27F4N5O3S. The SMILES string of the molecule is CS(=O)(=O)c1cc(F)cc(CC2CC3(C2)CN(C(=O)N2CC4(CC(n5cnc(C(F)(F)F)n5)C4)C2)C3)c1. The molecule has 2 aliphatic carbocycles. The van der Waals surface area contributed by atoms with Crippen LogP contribution in [0.3, 0.4) is 0 Å². The predicted molar refractivity (Wildman–Crippen MR) is 123 cm³/mol. The van der Waals surface area contributed by atoms with Crippen LogP contribution in [0.25, 0.3) is 0 Å². The van der Waals surface area contributed by atoms with E-state index in [9.17, 15) is 30.8 Å². The number of urea groups is 1. The van der Waals surface area contributed by atoms with E-state index >= 15 is 0 Å². The summed E-state index contributed by atoms with van der Waals surface area (Å²) in [6, 6.07) is 3.86. The van der Waals surface area contributed by atoms with E-state index in [-0.39, 0.29) is 27.8 Å². The number of rotatable bonds is 4. The van der Waals surface area contributed by atoms with Gasteiger partial charge < -0.3 is 9.80 Å². The number of likely N-dealkylation sites (tertiary alicyclic amines) is 2. The molecule has 0 bridgehead atoms. The molecule has 4 fully saturated rings. The van der Waals surface area contributed by atoms with Gasteiger partial charge in [-0.3, -0.25) is 0 Å². The van der Waals surface area contributed by atoms with E-state index in [1.54, 1.807) is 11.0 Å². The smallest absolute Gasteiger partial charge is 0.323 e. The van der Waals surface area contributed by atoms with Gasteiger partial charge in [0.05, 0.1) is 10.9 Å². The molecule has 2 amide bonds. The van der Waals surface area contributed by atoms with E-state index < -0.39 is 27.7 Å². The Bertz CT molecular complexity index is 1350. The van der Waals surface area contributed by atoms with Gasteiger partial charge in [-0.2, -0.15) is 13.2 Å². The van der Waals surface area contributed by atoms with E-state index in [2.05, 4.69) is 10.1 Å². The molecule has 8 nitrogen and oxygen atoms in total. The Morgan fingerprint density at radius 2 is 1.62 bits per heavy atom. The summed E-state index contributed by atoms with van der Waals surface area (Å²) in [5.41, 5.74) is 0.739. The fraction of sp³-hybridized carbons (Fsp3) is 0.625. The Morgan fingerprint density at radius 1 is 1.03 bits per heavy atom. The van der Waals surface area contributed by atoms with E-state index in [1.807, 2.05) is 4.90 Å². The van der Waals surface area contributed by atoms with Crippen molar-refractivity contribution in [1.29, 1.82) is 0 Å². The van der Waals surface area contributed by atoms with E-state index in [0.29, 0.717) is 56.9 Å². The first-order valence-electron chi connectivity index (χ1n) is 12.2. The van der Waals surface area contributed by atoms with Gasteiger partial charge in [0, 0.05) is 43.3 Å². The molecule has 0 atom stereocenters. The molecule has 2 aliphatic heterocycles. The number of aromatic nitrogens is 3. The van der Waals surface area contributed by atoms with Crippen molar-refractivity contribution in [2.75, 3.05) is 32.4 Å². The summed E-state index contributed by atoms with van der Waals surface area (Å²) in [6.07, 6.45) is 1.47. The van der Waals surface area contributed by atoms with Gasteiger partial charge in [0.25, 0.3) is 5.82 Å². The largest absolute Gasteiger partial charge is 0.453 e. The lowest BCUT2D eigenvalue weighted by atomic mass is 9.56. The lowest BCUT2D eigenvalue weighted by Crippen LogP contribution is -2.71. The molecule has 0 N–H and O–H groups in total. The van der Waals surface area contributed by atoms with Crippen LogP contribution in [0.15, 0.2) is 29.4 Å². The van der Waals surface area contributed by atoms with Gasteiger partial charge in [0.15, 0.2) is 9.84 Å². The topological polar surface area (TPSA) is 88.4 Å². The molecule has 2 spiro atoms. The second-order valence-corrected chi connectivity index (χ2v) is 13.7. The predicted octanol–water partition coefficient (Wildman–Crippen LogP) is 3.55. The zero-order chi connectivity index (χ0) is 26.4.